The molecule has 2 aromatic carbocycles. The molecule has 43 heavy (non-hydrogen) atoms. The summed E-state index contributed by atoms with van der Waals surface area (Å²) in [6, 6.07) is 17.4. The van der Waals surface area contributed by atoms with Crippen LogP contribution < -0.4 is 16.1 Å². The number of carbonyl (C=O) groups is 4. The number of carbonyl (C=O) groups excluding carboxylic acids is 4. The molecule has 0 spiro atoms. The molecule has 1 aliphatic heterocycles. The summed E-state index contributed by atoms with van der Waals surface area (Å²) in [7, 11) is 0. The van der Waals surface area contributed by atoms with E-state index in [-0.39, 0.29) is 30.7 Å². The molecular weight excluding hydrogens is 568 g/mol. The summed E-state index contributed by atoms with van der Waals surface area (Å²) in [5.74, 6) is -1.11. The first kappa shape index (κ1) is 29.6. The molecule has 4 amide bonds. The second-order valence-corrected chi connectivity index (χ2v) is 11.5. The van der Waals surface area contributed by atoms with E-state index in [9.17, 15) is 19.2 Å². The number of thiazole rings is 1. The minimum absolute atomic E-state index is 0.0806. The van der Waals surface area contributed by atoms with Gasteiger partial charge in [-0.25, -0.2) is 9.78 Å². The maximum absolute atomic E-state index is 13.1. The highest BCUT2D eigenvalue weighted by Gasteiger charge is 2.35. The Morgan fingerprint density at radius 1 is 1.02 bits per heavy atom. The van der Waals surface area contributed by atoms with Crippen LogP contribution >= 0.6 is 11.3 Å². The highest BCUT2D eigenvalue weighted by Crippen LogP contribution is 2.26. The number of benzene rings is 2. The molecule has 1 fully saturated rings. The monoisotopic (exact) mass is 600 g/mol. The van der Waals surface area contributed by atoms with Crippen molar-refractivity contribution in [1.82, 2.24) is 31.0 Å². The van der Waals surface area contributed by atoms with Gasteiger partial charge in [0.2, 0.25) is 0 Å². The van der Waals surface area contributed by atoms with Gasteiger partial charge < -0.3 is 15.4 Å². The van der Waals surface area contributed by atoms with Gasteiger partial charge in [-0.15, -0.1) is 11.3 Å². The first-order valence-corrected chi connectivity index (χ1v) is 14.9. The maximum atomic E-state index is 13.1. The molecule has 3 heterocycles. The molecule has 0 aliphatic carbocycles. The van der Waals surface area contributed by atoms with Crippen molar-refractivity contribution in [3.05, 3.63) is 94.2 Å². The van der Waals surface area contributed by atoms with Gasteiger partial charge in [0, 0.05) is 23.5 Å². The van der Waals surface area contributed by atoms with Crippen molar-refractivity contribution in [2.45, 2.75) is 45.4 Å². The third-order valence-corrected chi connectivity index (χ3v) is 7.83. The van der Waals surface area contributed by atoms with Crippen LogP contribution in [0.15, 0.2) is 72.2 Å². The number of pyridine rings is 1. The fraction of sp³-hybridized carbons (Fsp3) is 0.290. The SMILES string of the molecule is CC(C)C[C@H](NC(=O)c1cc2ccccc2cn1)c1nc(C(=O)NN2CC[C@@H](NC(=O)OCc3ccccc3)C2=O)cs1. The van der Waals surface area contributed by atoms with Crippen LogP contribution in [0.1, 0.15) is 64.3 Å². The van der Waals surface area contributed by atoms with E-state index in [0.717, 1.165) is 16.3 Å². The summed E-state index contributed by atoms with van der Waals surface area (Å²) in [5, 5.41) is 10.8. The van der Waals surface area contributed by atoms with Crippen molar-refractivity contribution in [1.29, 1.82) is 0 Å². The number of rotatable bonds is 10. The predicted molar refractivity (Wildman–Crippen MR) is 161 cm³/mol. The number of alkyl carbamates (subject to hydrolysis) is 1. The van der Waals surface area contributed by atoms with Gasteiger partial charge in [0.1, 0.15) is 29.0 Å². The van der Waals surface area contributed by atoms with Gasteiger partial charge in [-0.1, -0.05) is 68.4 Å². The van der Waals surface area contributed by atoms with Crippen molar-refractivity contribution >= 4 is 45.9 Å². The molecule has 3 N–H and O–H groups in total. The Bertz CT molecular complexity index is 1630. The van der Waals surface area contributed by atoms with Gasteiger partial charge in [-0.05, 0) is 35.8 Å². The molecule has 0 unspecified atom stereocenters. The van der Waals surface area contributed by atoms with E-state index in [2.05, 4.69) is 26.0 Å². The number of aromatic nitrogens is 2. The van der Waals surface area contributed by atoms with Crippen LogP contribution in [0.2, 0.25) is 0 Å². The van der Waals surface area contributed by atoms with Crippen LogP contribution in [0.3, 0.4) is 0 Å². The molecule has 12 heteroatoms. The first-order valence-electron chi connectivity index (χ1n) is 14.0. The Labute approximate surface area is 252 Å². The van der Waals surface area contributed by atoms with Gasteiger partial charge in [0.15, 0.2) is 0 Å². The van der Waals surface area contributed by atoms with Crippen LogP contribution in [-0.4, -0.2) is 51.4 Å². The second-order valence-electron chi connectivity index (χ2n) is 10.6. The van der Waals surface area contributed by atoms with Crippen LogP contribution in [0.5, 0.6) is 0 Å². The Morgan fingerprint density at radius 2 is 1.77 bits per heavy atom. The Kier molecular flexibility index (Phi) is 9.26. The summed E-state index contributed by atoms with van der Waals surface area (Å²) in [4.78, 5) is 59.9. The molecule has 2 atom stereocenters. The Balaban J connectivity index is 1.17. The normalized spacial score (nSPS) is 15.4. The van der Waals surface area contributed by atoms with E-state index >= 15 is 0 Å². The summed E-state index contributed by atoms with van der Waals surface area (Å²) in [5.41, 5.74) is 3.83. The molecule has 1 aliphatic rings. The molecule has 11 nitrogen and oxygen atoms in total. The smallest absolute Gasteiger partial charge is 0.408 e. The fourth-order valence-corrected chi connectivity index (χ4v) is 5.56. The Morgan fingerprint density at radius 3 is 2.53 bits per heavy atom. The van der Waals surface area contributed by atoms with E-state index < -0.39 is 30.0 Å². The number of fused-ring (bicyclic) bond motifs is 1. The number of amides is 4. The zero-order valence-electron chi connectivity index (χ0n) is 23.8. The van der Waals surface area contributed by atoms with Crippen molar-refractivity contribution in [2.75, 3.05) is 6.54 Å². The van der Waals surface area contributed by atoms with E-state index in [0.29, 0.717) is 23.5 Å². The van der Waals surface area contributed by atoms with E-state index in [4.69, 9.17) is 4.74 Å². The van der Waals surface area contributed by atoms with Crippen molar-refractivity contribution < 1.29 is 23.9 Å². The summed E-state index contributed by atoms with van der Waals surface area (Å²) in [6.45, 7) is 4.37. The quantitative estimate of drug-likeness (QED) is 0.245. The van der Waals surface area contributed by atoms with Crippen molar-refractivity contribution in [3.63, 3.8) is 0 Å². The molecule has 0 bridgehead atoms. The largest absolute Gasteiger partial charge is 0.445 e. The average molecular weight is 601 g/mol. The lowest BCUT2D eigenvalue weighted by molar-refractivity contribution is -0.131. The molecule has 5 rings (SSSR count). The predicted octanol–water partition coefficient (Wildman–Crippen LogP) is 4.38. The molecule has 0 saturated carbocycles. The average Bonchev–Trinajstić information content (AvgIpc) is 3.63. The van der Waals surface area contributed by atoms with E-state index in [1.165, 1.54) is 16.3 Å². The number of ether oxygens (including phenoxy) is 1. The van der Waals surface area contributed by atoms with Crippen LogP contribution in [-0.2, 0) is 16.1 Å². The molecule has 4 aromatic rings. The van der Waals surface area contributed by atoms with Gasteiger partial charge in [-0.3, -0.25) is 29.8 Å². The topological polar surface area (TPSA) is 143 Å². The van der Waals surface area contributed by atoms with E-state index in [1.54, 1.807) is 17.6 Å². The highest BCUT2D eigenvalue weighted by molar-refractivity contribution is 7.09. The zero-order valence-corrected chi connectivity index (χ0v) is 24.6. The van der Waals surface area contributed by atoms with Gasteiger partial charge in [0.05, 0.1) is 6.04 Å². The lowest BCUT2D eigenvalue weighted by atomic mass is 10.0. The lowest BCUT2D eigenvalue weighted by Gasteiger charge is -2.19. The number of nitrogens with zero attached hydrogens (tertiary/aromatic N) is 3. The Hall–Kier alpha value is -4.84. The summed E-state index contributed by atoms with van der Waals surface area (Å²) >= 11 is 1.25. The lowest BCUT2D eigenvalue weighted by Crippen LogP contribution is -2.48. The van der Waals surface area contributed by atoms with E-state index in [1.807, 2.05) is 68.4 Å². The summed E-state index contributed by atoms with van der Waals surface area (Å²) in [6.07, 6.45) is 1.87. The zero-order chi connectivity index (χ0) is 30.3. The molecule has 1 saturated heterocycles. The number of hydrazine groups is 1. The second kappa shape index (κ2) is 13.4. The number of hydrogen-bond acceptors (Lipinski definition) is 8. The third-order valence-electron chi connectivity index (χ3n) is 6.88. The molecule has 0 radical (unpaired) electrons. The summed E-state index contributed by atoms with van der Waals surface area (Å²) < 4.78 is 5.20. The minimum atomic E-state index is -0.816. The van der Waals surface area contributed by atoms with Gasteiger partial charge in [-0.2, -0.15) is 0 Å². The van der Waals surface area contributed by atoms with Crippen LogP contribution in [0.25, 0.3) is 10.8 Å². The number of hydrogen-bond donors (Lipinski definition) is 3. The van der Waals surface area contributed by atoms with Gasteiger partial charge >= 0.3 is 6.09 Å². The van der Waals surface area contributed by atoms with Crippen molar-refractivity contribution in [2.24, 2.45) is 5.92 Å². The number of nitrogens with one attached hydrogen (secondary N) is 3. The minimum Gasteiger partial charge on any atom is -0.445 e. The van der Waals surface area contributed by atoms with Crippen LogP contribution in [0.4, 0.5) is 4.79 Å². The maximum Gasteiger partial charge on any atom is 0.408 e. The van der Waals surface area contributed by atoms with Gasteiger partial charge in [0.25, 0.3) is 17.7 Å². The third kappa shape index (κ3) is 7.52. The standard InChI is InChI=1S/C31H32N6O5S/c1-19(2)14-25(33-27(38)24-15-21-10-6-7-11-22(21)16-32-24)29-34-26(18-43-29)28(39)36-37-13-12-23(30(37)40)35-31(41)42-17-20-8-4-3-5-9-20/h3-11,15-16,18-19,23,25H,12-14,17H2,1-2H3,(H,33,38)(H,35,41)(H,36,39)/t23-,25+/m1/s1. The molecule has 222 valence electrons. The first-order chi connectivity index (χ1) is 20.8. The van der Waals surface area contributed by atoms with Crippen molar-refractivity contribution in [3.8, 4) is 0 Å². The fourth-order valence-electron chi connectivity index (χ4n) is 4.70. The molecule has 2 aromatic heterocycles. The molecular formula is C31H32N6O5S. The highest BCUT2D eigenvalue weighted by atomic mass is 32.1. The van der Waals surface area contributed by atoms with Crippen LogP contribution in [0, 0.1) is 5.92 Å².